The van der Waals surface area contributed by atoms with Gasteiger partial charge >= 0.3 is 47.8 Å². The van der Waals surface area contributed by atoms with Crippen LogP contribution >= 0.6 is 11.8 Å². The van der Waals surface area contributed by atoms with Gasteiger partial charge in [0.15, 0.2) is 30.5 Å². The molecular weight excluding hydrogens is 656 g/mol. The lowest BCUT2D eigenvalue weighted by atomic mass is 9.99. The van der Waals surface area contributed by atoms with E-state index in [2.05, 4.69) is 0 Å². The second kappa shape index (κ2) is 17.8. The molecule has 0 spiro atoms. The summed E-state index contributed by atoms with van der Waals surface area (Å²) in [7, 11) is 0. The minimum atomic E-state index is -1.61. The SMILES string of the molecule is CC(=O)OCC1O[C@@H](OC(C)=O)C(S[C@H]2O[C@H](COC(C)=O)[C@@H](OC(C)=O)[C@H](OC(C)=O)[C@H]2OC(C)=O)[C@@H](OC(C)=O)[C@@H]1OC(C)=O. The Kier molecular flexibility index (Phi) is 14.9. The van der Waals surface area contributed by atoms with Crippen LogP contribution in [0.3, 0.4) is 0 Å². The Labute approximate surface area is 273 Å². The molecule has 47 heavy (non-hydrogen) atoms. The van der Waals surface area contributed by atoms with Crippen LogP contribution < -0.4 is 0 Å². The van der Waals surface area contributed by atoms with Gasteiger partial charge in [0.2, 0.25) is 6.29 Å². The van der Waals surface area contributed by atoms with E-state index in [0.717, 1.165) is 55.4 Å². The fourth-order valence-electron chi connectivity index (χ4n) is 4.73. The Hall–Kier alpha value is -3.97. The number of ether oxygens (including phenoxy) is 10. The van der Waals surface area contributed by atoms with Gasteiger partial charge < -0.3 is 47.4 Å². The molecule has 0 N–H and O–H groups in total. The molecule has 0 aromatic carbocycles. The quantitative estimate of drug-likeness (QED) is 0.192. The first-order valence-corrected chi connectivity index (χ1v) is 15.1. The van der Waals surface area contributed by atoms with Crippen LogP contribution in [0.4, 0.5) is 0 Å². The average Bonchev–Trinajstić information content (AvgIpc) is 2.91. The lowest BCUT2D eigenvalue weighted by Crippen LogP contribution is -2.64. The van der Waals surface area contributed by atoms with Crippen molar-refractivity contribution in [3.63, 3.8) is 0 Å². The third kappa shape index (κ3) is 12.3. The highest BCUT2D eigenvalue weighted by molar-refractivity contribution is 8.00. The Balaban J connectivity index is 2.72. The third-order valence-electron chi connectivity index (χ3n) is 6.17. The fourth-order valence-corrected chi connectivity index (χ4v) is 6.22. The van der Waals surface area contributed by atoms with Gasteiger partial charge in [-0.15, -0.1) is 11.8 Å². The number of hydrogen-bond acceptors (Lipinski definition) is 19. The van der Waals surface area contributed by atoms with E-state index in [1.165, 1.54) is 0 Å². The molecule has 2 aliphatic heterocycles. The minimum Gasteiger partial charge on any atom is -0.463 e. The van der Waals surface area contributed by atoms with Gasteiger partial charge in [0, 0.05) is 55.4 Å². The van der Waals surface area contributed by atoms with Crippen LogP contribution in [0.15, 0.2) is 0 Å². The van der Waals surface area contributed by atoms with Gasteiger partial charge in [0.05, 0.1) is 0 Å². The molecule has 2 saturated heterocycles. The molecule has 19 heteroatoms. The summed E-state index contributed by atoms with van der Waals surface area (Å²) in [6.07, 6.45) is -11.8. The number of carbonyl (C=O) groups excluding carboxylic acids is 8. The maximum Gasteiger partial charge on any atom is 0.304 e. The molecule has 0 saturated carbocycles. The van der Waals surface area contributed by atoms with E-state index >= 15 is 0 Å². The van der Waals surface area contributed by atoms with Crippen LogP contribution in [-0.2, 0) is 85.7 Å². The van der Waals surface area contributed by atoms with Crippen LogP contribution in [0.25, 0.3) is 0 Å². The minimum absolute atomic E-state index is 0.515. The van der Waals surface area contributed by atoms with E-state index in [9.17, 15) is 38.4 Å². The molecule has 264 valence electrons. The van der Waals surface area contributed by atoms with Crippen LogP contribution in [0.5, 0.6) is 0 Å². The van der Waals surface area contributed by atoms with Crippen LogP contribution in [-0.4, -0.2) is 121 Å². The molecule has 0 aromatic rings. The molecule has 0 radical (unpaired) electrons. The summed E-state index contributed by atoms with van der Waals surface area (Å²) in [6, 6.07) is 0. The topological polar surface area (TPSA) is 229 Å². The third-order valence-corrected chi connectivity index (χ3v) is 7.62. The van der Waals surface area contributed by atoms with Crippen molar-refractivity contribution in [1.29, 1.82) is 0 Å². The number of thioether (sulfide) groups is 1. The van der Waals surface area contributed by atoms with Gasteiger partial charge in [-0.05, 0) is 0 Å². The average molecular weight is 695 g/mol. The zero-order valence-corrected chi connectivity index (χ0v) is 27.8. The first-order valence-electron chi connectivity index (χ1n) is 14.2. The summed E-state index contributed by atoms with van der Waals surface area (Å²) in [5, 5.41) is -1.35. The zero-order valence-electron chi connectivity index (χ0n) is 26.9. The first-order chi connectivity index (χ1) is 21.9. The van der Waals surface area contributed by atoms with Gasteiger partial charge in [-0.2, -0.15) is 0 Å². The second-order valence-electron chi connectivity index (χ2n) is 10.3. The summed E-state index contributed by atoms with van der Waals surface area (Å²) in [6.45, 7) is 7.49. The summed E-state index contributed by atoms with van der Waals surface area (Å²) in [5.41, 5.74) is -1.44. The number of hydrogen-bond donors (Lipinski definition) is 0. The second-order valence-corrected chi connectivity index (χ2v) is 11.6. The number of esters is 8. The lowest BCUT2D eigenvalue weighted by Gasteiger charge is -2.48. The molecule has 0 aliphatic carbocycles. The van der Waals surface area contributed by atoms with Crippen molar-refractivity contribution < 1.29 is 85.7 Å². The van der Waals surface area contributed by atoms with Crippen molar-refractivity contribution >= 4 is 59.5 Å². The molecule has 18 nitrogen and oxygen atoms in total. The Bertz CT molecular complexity index is 1200. The van der Waals surface area contributed by atoms with Gasteiger partial charge in [0.25, 0.3) is 0 Å². The standard InChI is InChI=1S/C28H38O18S/c1-11(29)37-9-19-22(40-14(4)32)24(42-16(6)34)26(27(45-19)44-18(8)36)47-28-25(43-17(7)35)23(41-15(5)33)21(39-13(3)31)20(46-28)10-38-12(2)30/h19-28H,9-10H2,1-8H3/t19?,20-,21-,22-,23+,24+,25-,26?,27-,28-/m1/s1. The van der Waals surface area contributed by atoms with Crippen molar-refractivity contribution in [1.82, 2.24) is 0 Å². The molecule has 0 amide bonds. The van der Waals surface area contributed by atoms with Gasteiger partial charge in [0.1, 0.15) is 36.1 Å². The van der Waals surface area contributed by atoms with Crippen LogP contribution in [0, 0.1) is 0 Å². The summed E-state index contributed by atoms with van der Waals surface area (Å²) in [5.74, 6) is -6.63. The normalized spacial score (nSPS) is 30.0. The highest BCUT2D eigenvalue weighted by atomic mass is 32.2. The molecule has 10 atom stereocenters. The smallest absolute Gasteiger partial charge is 0.304 e. The highest BCUT2D eigenvalue weighted by Gasteiger charge is 2.57. The van der Waals surface area contributed by atoms with E-state index in [4.69, 9.17) is 47.4 Å². The molecule has 2 unspecified atom stereocenters. The maximum absolute atomic E-state index is 12.4. The van der Waals surface area contributed by atoms with E-state index in [0.29, 0.717) is 11.8 Å². The van der Waals surface area contributed by atoms with Crippen LogP contribution in [0.2, 0.25) is 0 Å². The lowest BCUT2D eigenvalue weighted by molar-refractivity contribution is -0.258. The largest absolute Gasteiger partial charge is 0.463 e. The van der Waals surface area contributed by atoms with Crippen molar-refractivity contribution in [2.45, 2.75) is 115 Å². The van der Waals surface area contributed by atoms with E-state index in [1.807, 2.05) is 0 Å². The van der Waals surface area contributed by atoms with Crippen molar-refractivity contribution in [3.8, 4) is 0 Å². The van der Waals surface area contributed by atoms with E-state index < -0.39 is 121 Å². The Morgan fingerprint density at radius 2 is 0.809 bits per heavy atom. The highest BCUT2D eigenvalue weighted by Crippen LogP contribution is 2.42. The number of carbonyl (C=O) groups is 8. The molecule has 2 rings (SSSR count). The van der Waals surface area contributed by atoms with Gasteiger partial charge in [-0.1, -0.05) is 0 Å². The molecular formula is C28H38O18S. The summed E-state index contributed by atoms with van der Waals surface area (Å²) >= 11 is 0.689. The van der Waals surface area contributed by atoms with Gasteiger partial charge in [-0.3, -0.25) is 38.4 Å². The summed E-state index contributed by atoms with van der Waals surface area (Å²) in [4.78, 5) is 96.6. The predicted octanol–water partition coefficient (Wildman–Crippen LogP) is -0.114. The van der Waals surface area contributed by atoms with Gasteiger partial charge in [-0.25, -0.2) is 0 Å². The van der Waals surface area contributed by atoms with Crippen molar-refractivity contribution in [2.75, 3.05) is 13.2 Å². The molecule has 2 heterocycles. The molecule has 0 bridgehead atoms. The maximum atomic E-state index is 12.4. The Morgan fingerprint density at radius 3 is 1.23 bits per heavy atom. The van der Waals surface area contributed by atoms with Crippen molar-refractivity contribution in [3.05, 3.63) is 0 Å². The van der Waals surface area contributed by atoms with E-state index in [-0.39, 0.29) is 0 Å². The monoisotopic (exact) mass is 694 g/mol. The summed E-state index contributed by atoms with van der Waals surface area (Å²) < 4.78 is 54.9. The van der Waals surface area contributed by atoms with E-state index in [1.54, 1.807) is 0 Å². The molecule has 0 aromatic heterocycles. The molecule has 2 aliphatic rings. The first kappa shape index (κ1) is 39.2. The van der Waals surface area contributed by atoms with Crippen LogP contribution in [0.1, 0.15) is 55.4 Å². The number of rotatable bonds is 12. The Morgan fingerprint density at radius 1 is 0.447 bits per heavy atom. The van der Waals surface area contributed by atoms with Crippen molar-refractivity contribution in [2.24, 2.45) is 0 Å². The zero-order chi connectivity index (χ0) is 35.6. The molecule has 2 fully saturated rings. The predicted molar refractivity (Wildman–Crippen MR) is 152 cm³/mol. The fraction of sp³-hybridized carbons (Fsp3) is 0.714.